The van der Waals surface area contributed by atoms with Gasteiger partial charge in [-0.05, 0) is 50.6 Å². The molecule has 106 valence electrons. The van der Waals surface area contributed by atoms with Crippen molar-refractivity contribution in [3.8, 4) is 5.75 Å². The average Bonchev–Trinajstić information content (AvgIpc) is 2.98. The highest BCUT2D eigenvalue weighted by Gasteiger charge is 2.26. The van der Waals surface area contributed by atoms with Crippen molar-refractivity contribution in [2.45, 2.75) is 38.8 Å². The van der Waals surface area contributed by atoms with Crippen LogP contribution in [0.2, 0.25) is 0 Å². The van der Waals surface area contributed by atoms with E-state index in [0.717, 1.165) is 25.4 Å². The van der Waals surface area contributed by atoms with Gasteiger partial charge < -0.3 is 10.1 Å². The average molecular weight is 262 g/mol. The van der Waals surface area contributed by atoms with Crippen LogP contribution in [0.3, 0.4) is 0 Å². The number of rotatable bonds is 6. The minimum absolute atomic E-state index is 0.444. The smallest absolute Gasteiger partial charge is 0.119 e. The summed E-state index contributed by atoms with van der Waals surface area (Å²) in [4.78, 5) is 2.63. The molecule has 1 aromatic carbocycles. The van der Waals surface area contributed by atoms with Gasteiger partial charge in [-0.15, -0.1) is 0 Å². The van der Waals surface area contributed by atoms with Gasteiger partial charge in [0, 0.05) is 18.6 Å². The lowest BCUT2D eigenvalue weighted by Crippen LogP contribution is -2.39. The Labute approximate surface area is 116 Å². The number of ether oxygens (including phenoxy) is 1. The first-order chi connectivity index (χ1) is 9.26. The summed E-state index contributed by atoms with van der Waals surface area (Å²) in [5.74, 6) is 0.949. The molecule has 0 aromatic heterocycles. The van der Waals surface area contributed by atoms with Crippen molar-refractivity contribution in [2.75, 3.05) is 26.7 Å². The Morgan fingerprint density at radius 1 is 1.47 bits per heavy atom. The maximum Gasteiger partial charge on any atom is 0.119 e. The normalized spacial score (nSPS) is 20.7. The number of hydrogen-bond donors (Lipinski definition) is 1. The summed E-state index contributed by atoms with van der Waals surface area (Å²) < 4.78 is 5.34. The van der Waals surface area contributed by atoms with Crippen LogP contribution in [0.15, 0.2) is 24.3 Å². The Kier molecular flexibility index (Phi) is 5.23. The maximum atomic E-state index is 5.34. The van der Waals surface area contributed by atoms with E-state index in [9.17, 15) is 0 Å². The third-order valence-corrected chi connectivity index (χ3v) is 4.06. The fraction of sp³-hybridized carbons (Fsp3) is 0.625. The molecule has 0 bridgehead atoms. The molecule has 1 aliphatic heterocycles. The number of nitrogens with zero attached hydrogens (tertiary/aromatic N) is 1. The van der Waals surface area contributed by atoms with Gasteiger partial charge in [-0.2, -0.15) is 0 Å². The van der Waals surface area contributed by atoms with Gasteiger partial charge in [0.05, 0.1) is 7.11 Å². The molecule has 2 atom stereocenters. The molecule has 1 heterocycles. The van der Waals surface area contributed by atoms with Crippen LogP contribution in [-0.2, 0) is 0 Å². The van der Waals surface area contributed by atoms with E-state index in [2.05, 4.69) is 42.3 Å². The standard InChI is InChI=1S/C16H26N2O/c1-4-10-18(15-8-9-17-12-15)13(2)14-6-5-7-16(11-14)19-3/h5-7,11,13,15,17H,4,8-10,12H2,1-3H3. The number of methoxy groups -OCH3 is 1. The molecular formula is C16H26N2O. The molecule has 0 aliphatic carbocycles. The van der Waals surface area contributed by atoms with Crippen molar-refractivity contribution in [2.24, 2.45) is 0 Å². The molecular weight excluding hydrogens is 236 g/mol. The van der Waals surface area contributed by atoms with Crippen LogP contribution in [0, 0.1) is 0 Å². The van der Waals surface area contributed by atoms with E-state index in [1.807, 2.05) is 6.07 Å². The quantitative estimate of drug-likeness (QED) is 0.853. The summed E-state index contributed by atoms with van der Waals surface area (Å²) in [5.41, 5.74) is 1.35. The maximum absolute atomic E-state index is 5.34. The van der Waals surface area contributed by atoms with Gasteiger partial charge >= 0.3 is 0 Å². The monoisotopic (exact) mass is 262 g/mol. The third kappa shape index (κ3) is 3.48. The molecule has 1 saturated heterocycles. The van der Waals surface area contributed by atoms with Crippen molar-refractivity contribution >= 4 is 0 Å². The Morgan fingerprint density at radius 2 is 2.32 bits per heavy atom. The van der Waals surface area contributed by atoms with E-state index in [-0.39, 0.29) is 0 Å². The second-order valence-corrected chi connectivity index (χ2v) is 5.34. The third-order valence-electron chi connectivity index (χ3n) is 4.06. The molecule has 0 spiro atoms. The molecule has 1 aliphatic rings. The van der Waals surface area contributed by atoms with Crippen molar-refractivity contribution in [1.82, 2.24) is 10.2 Å². The van der Waals surface area contributed by atoms with Gasteiger partial charge in [-0.1, -0.05) is 19.1 Å². The first-order valence-corrected chi connectivity index (χ1v) is 7.36. The van der Waals surface area contributed by atoms with Crippen LogP contribution in [0.25, 0.3) is 0 Å². The highest BCUT2D eigenvalue weighted by Crippen LogP contribution is 2.27. The number of benzene rings is 1. The summed E-state index contributed by atoms with van der Waals surface area (Å²) in [6.45, 7) is 7.99. The Bertz CT molecular complexity index is 388. The SMILES string of the molecule is CCCN(C1CCNC1)C(C)c1cccc(OC)c1. The van der Waals surface area contributed by atoms with Crippen LogP contribution in [0.1, 0.15) is 38.3 Å². The minimum Gasteiger partial charge on any atom is -0.497 e. The van der Waals surface area contributed by atoms with Gasteiger partial charge in [0.25, 0.3) is 0 Å². The van der Waals surface area contributed by atoms with Crippen LogP contribution < -0.4 is 10.1 Å². The van der Waals surface area contributed by atoms with Gasteiger partial charge in [0.2, 0.25) is 0 Å². The molecule has 0 saturated carbocycles. The molecule has 3 heteroatoms. The van der Waals surface area contributed by atoms with Crippen molar-refractivity contribution in [1.29, 1.82) is 0 Å². The van der Waals surface area contributed by atoms with Crippen molar-refractivity contribution in [3.05, 3.63) is 29.8 Å². The lowest BCUT2D eigenvalue weighted by molar-refractivity contribution is 0.153. The molecule has 1 N–H and O–H groups in total. The van der Waals surface area contributed by atoms with E-state index < -0.39 is 0 Å². The Hall–Kier alpha value is -1.06. The summed E-state index contributed by atoms with van der Waals surface area (Å²) in [6, 6.07) is 9.58. The summed E-state index contributed by atoms with van der Waals surface area (Å²) in [5, 5.41) is 3.47. The Balaban J connectivity index is 2.14. The van der Waals surface area contributed by atoms with Gasteiger partial charge in [0.15, 0.2) is 0 Å². The second kappa shape index (κ2) is 6.92. The topological polar surface area (TPSA) is 24.5 Å². The fourth-order valence-electron chi connectivity index (χ4n) is 2.97. The van der Waals surface area contributed by atoms with E-state index in [4.69, 9.17) is 4.74 Å². The molecule has 1 fully saturated rings. The first-order valence-electron chi connectivity index (χ1n) is 7.36. The number of hydrogen-bond acceptors (Lipinski definition) is 3. The number of nitrogens with one attached hydrogen (secondary N) is 1. The van der Waals surface area contributed by atoms with Crippen LogP contribution in [0.4, 0.5) is 0 Å². The van der Waals surface area contributed by atoms with Gasteiger partial charge in [0.1, 0.15) is 5.75 Å². The molecule has 2 rings (SSSR count). The minimum atomic E-state index is 0.444. The molecule has 3 nitrogen and oxygen atoms in total. The van der Waals surface area contributed by atoms with Crippen LogP contribution in [-0.4, -0.2) is 37.7 Å². The largest absolute Gasteiger partial charge is 0.497 e. The van der Waals surface area contributed by atoms with Gasteiger partial charge in [-0.3, -0.25) is 4.90 Å². The predicted molar refractivity (Wildman–Crippen MR) is 79.7 cm³/mol. The molecule has 0 radical (unpaired) electrons. The summed E-state index contributed by atoms with van der Waals surface area (Å²) in [6.07, 6.45) is 2.46. The summed E-state index contributed by atoms with van der Waals surface area (Å²) in [7, 11) is 1.73. The highest BCUT2D eigenvalue weighted by atomic mass is 16.5. The molecule has 1 aromatic rings. The first kappa shape index (κ1) is 14.4. The Morgan fingerprint density at radius 3 is 2.95 bits per heavy atom. The van der Waals surface area contributed by atoms with Crippen molar-refractivity contribution in [3.63, 3.8) is 0 Å². The van der Waals surface area contributed by atoms with E-state index in [0.29, 0.717) is 12.1 Å². The van der Waals surface area contributed by atoms with Crippen molar-refractivity contribution < 1.29 is 4.74 Å². The van der Waals surface area contributed by atoms with E-state index >= 15 is 0 Å². The zero-order chi connectivity index (χ0) is 13.7. The highest BCUT2D eigenvalue weighted by molar-refractivity contribution is 5.30. The zero-order valence-electron chi connectivity index (χ0n) is 12.4. The second-order valence-electron chi connectivity index (χ2n) is 5.34. The molecule has 0 amide bonds. The van der Waals surface area contributed by atoms with E-state index in [1.54, 1.807) is 7.11 Å². The molecule has 19 heavy (non-hydrogen) atoms. The fourth-order valence-corrected chi connectivity index (χ4v) is 2.97. The zero-order valence-corrected chi connectivity index (χ0v) is 12.4. The lowest BCUT2D eigenvalue weighted by Gasteiger charge is -2.34. The molecule has 2 unspecified atom stereocenters. The van der Waals surface area contributed by atoms with Gasteiger partial charge in [-0.25, -0.2) is 0 Å². The van der Waals surface area contributed by atoms with Crippen LogP contribution in [0.5, 0.6) is 5.75 Å². The summed E-state index contributed by atoms with van der Waals surface area (Å²) >= 11 is 0. The van der Waals surface area contributed by atoms with E-state index in [1.165, 1.54) is 18.4 Å². The lowest BCUT2D eigenvalue weighted by atomic mass is 10.0. The predicted octanol–water partition coefficient (Wildman–Crippen LogP) is 2.83. The van der Waals surface area contributed by atoms with Crippen LogP contribution >= 0.6 is 0 Å².